The maximum absolute atomic E-state index is 13.6. The van der Waals surface area contributed by atoms with E-state index in [0.29, 0.717) is 5.56 Å². The first-order valence-electron chi connectivity index (χ1n) is 5.50. The first-order valence-corrected chi connectivity index (χ1v) is 6.67. The van der Waals surface area contributed by atoms with Crippen molar-refractivity contribution in [3.8, 4) is 0 Å². The van der Waals surface area contributed by atoms with Crippen molar-refractivity contribution >= 4 is 39.1 Å². The molecule has 2 aromatic carbocycles. The summed E-state index contributed by atoms with van der Waals surface area (Å²) in [6, 6.07) is 9.30. The number of nitrogens with one attached hydrogen (secondary N) is 1. The van der Waals surface area contributed by atoms with Crippen molar-refractivity contribution in [2.45, 2.75) is 6.92 Å². The predicted molar refractivity (Wildman–Crippen MR) is 78.2 cm³/mol. The Bertz CT molecular complexity index is 645. The summed E-state index contributed by atoms with van der Waals surface area (Å²) < 4.78 is 14.4. The molecule has 5 heteroatoms. The highest BCUT2D eigenvalue weighted by atomic mass is 79.9. The molecular formula is C14H10BrClFNO. The highest BCUT2D eigenvalue weighted by Crippen LogP contribution is 2.21. The first-order chi connectivity index (χ1) is 8.97. The molecule has 0 aliphatic carbocycles. The lowest BCUT2D eigenvalue weighted by atomic mass is 10.1. The number of carbonyl (C=O) groups is 1. The zero-order chi connectivity index (χ0) is 14.0. The van der Waals surface area contributed by atoms with Gasteiger partial charge in [-0.05, 0) is 42.8 Å². The topological polar surface area (TPSA) is 29.1 Å². The molecule has 0 unspecified atom stereocenters. The van der Waals surface area contributed by atoms with Crippen LogP contribution in [-0.4, -0.2) is 5.91 Å². The van der Waals surface area contributed by atoms with Crippen LogP contribution in [0.25, 0.3) is 0 Å². The number of aryl methyl sites for hydroxylation is 1. The van der Waals surface area contributed by atoms with Gasteiger partial charge in [0.25, 0.3) is 5.91 Å². The van der Waals surface area contributed by atoms with Crippen LogP contribution in [0.2, 0.25) is 5.02 Å². The molecule has 98 valence electrons. The number of amides is 1. The monoisotopic (exact) mass is 341 g/mol. The van der Waals surface area contributed by atoms with Gasteiger partial charge in [-0.2, -0.15) is 0 Å². The molecule has 19 heavy (non-hydrogen) atoms. The van der Waals surface area contributed by atoms with E-state index in [9.17, 15) is 9.18 Å². The summed E-state index contributed by atoms with van der Waals surface area (Å²) in [4.78, 5) is 12.0. The Morgan fingerprint density at radius 1 is 1.26 bits per heavy atom. The summed E-state index contributed by atoms with van der Waals surface area (Å²) in [5.41, 5.74) is 1.58. The van der Waals surface area contributed by atoms with Crippen molar-refractivity contribution in [3.05, 3.63) is 62.8 Å². The zero-order valence-electron chi connectivity index (χ0n) is 10.0. The van der Waals surface area contributed by atoms with Gasteiger partial charge >= 0.3 is 0 Å². The van der Waals surface area contributed by atoms with Crippen LogP contribution in [0, 0.1) is 12.7 Å². The Morgan fingerprint density at radius 2 is 2.00 bits per heavy atom. The van der Waals surface area contributed by atoms with Gasteiger partial charge in [0.2, 0.25) is 0 Å². The van der Waals surface area contributed by atoms with E-state index in [-0.39, 0.29) is 16.6 Å². The Hall–Kier alpha value is -1.39. The minimum Gasteiger partial charge on any atom is -0.319 e. The van der Waals surface area contributed by atoms with Crippen LogP contribution in [0.4, 0.5) is 10.1 Å². The van der Waals surface area contributed by atoms with Crippen LogP contribution in [0.1, 0.15) is 15.9 Å². The number of halogens is 3. The lowest BCUT2D eigenvalue weighted by Gasteiger charge is -2.07. The molecule has 0 fully saturated rings. The number of rotatable bonds is 2. The highest BCUT2D eigenvalue weighted by Gasteiger charge is 2.10. The molecule has 2 aromatic rings. The molecule has 2 nitrogen and oxygen atoms in total. The molecule has 0 aliphatic rings. The molecule has 1 amide bonds. The van der Waals surface area contributed by atoms with Gasteiger partial charge in [-0.25, -0.2) is 4.39 Å². The SMILES string of the molecule is Cc1ccc(C(=O)Nc2ccc(Cl)cc2F)cc1Br. The fourth-order valence-electron chi connectivity index (χ4n) is 1.52. The minimum absolute atomic E-state index is 0.103. The second-order valence-corrected chi connectivity index (χ2v) is 5.33. The highest BCUT2D eigenvalue weighted by molar-refractivity contribution is 9.10. The van der Waals surface area contributed by atoms with Crippen LogP contribution >= 0.6 is 27.5 Å². The van der Waals surface area contributed by atoms with E-state index in [1.807, 2.05) is 13.0 Å². The number of hydrogen-bond acceptors (Lipinski definition) is 1. The molecular weight excluding hydrogens is 333 g/mol. The summed E-state index contributed by atoms with van der Waals surface area (Å²) in [7, 11) is 0. The summed E-state index contributed by atoms with van der Waals surface area (Å²) in [5, 5.41) is 2.79. The third-order valence-corrected chi connectivity index (χ3v) is 3.70. The van der Waals surface area contributed by atoms with Crippen molar-refractivity contribution in [2.24, 2.45) is 0 Å². The molecule has 0 saturated heterocycles. The number of anilines is 1. The van der Waals surface area contributed by atoms with Gasteiger partial charge in [0.05, 0.1) is 5.69 Å². The van der Waals surface area contributed by atoms with Gasteiger partial charge in [0.1, 0.15) is 5.82 Å². The fourth-order valence-corrected chi connectivity index (χ4v) is 2.06. The normalized spacial score (nSPS) is 10.3. The molecule has 1 N–H and O–H groups in total. The Balaban J connectivity index is 2.23. The van der Waals surface area contributed by atoms with E-state index in [0.717, 1.165) is 16.1 Å². The van der Waals surface area contributed by atoms with Crippen molar-refractivity contribution in [3.63, 3.8) is 0 Å². The first kappa shape index (κ1) is 14.0. The Kier molecular flexibility index (Phi) is 4.22. The van der Waals surface area contributed by atoms with Gasteiger partial charge in [0, 0.05) is 15.1 Å². The Labute approximate surface area is 123 Å². The average Bonchev–Trinajstić information content (AvgIpc) is 2.36. The van der Waals surface area contributed by atoms with Crippen LogP contribution in [0.5, 0.6) is 0 Å². The molecule has 0 bridgehead atoms. The van der Waals surface area contributed by atoms with E-state index >= 15 is 0 Å². The lowest BCUT2D eigenvalue weighted by Crippen LogP contribution is -2.13. The third kappa shape index (κ3) is 3.33. The standard InChI is InChI=1S/C14H10BrClFNO/c1-8-2-3-9(6-11(8)15)14(19)18-13-5-4-10(16)7-12(13)17/h2-7H,1H3,(H,18,19). The van der Waals surface area contributed by atoms with Gasteiger partial charge in [-0.1, -0.05) is 33.6 Å². The second kappa shape index (κ2) is 5.72. The van der Waals surface area contributed by atoms with Crippen LogP contribution < -0.4 is 5.32 Å². The third-order valence-electron chi connectivity index (χ3n) is 2.61. The molecule has 0 aromatic heterocycles. The number of carbonyl (C=O) groups excluding carboxylic acids is 1. The van der Waals surface area contributed by atoms with Gasteiger partial charge in [-0.3, -0.25) is 4.79 Å². The van der Waals surface area contributed by atoms with E-state index < -0.39 is 5.82 Å². The summed E-state index contributed by atoms with van der Waals surface area (Å²) in [6.45, 7) is 1.92. The quantitative estimate of drug-likeness (QED) is 0.834. The van der Waals surface area contributed by atoms with E-state index in [1.54, 1.807) is 12.1 Å². The van der Waals surface area contributed by atoms with Gasteiger partial charge in [-0.15, -0.1) is 0 Å². The van der Waals surface area contributed by atoms with Crippen molar-refractivity contribution in [2.75, 3.05) is 5.32 Å². The second-order valence-electron chi connectivity index (χ2n) is 4.04. The van der Waals surface area contributed by atoms with Crippen LogP contribution in [0.15, 0.2) is 40.9 Å². The maximum atomic E-state index is 13.6. The van der Waals surface area contributed by atoms with Crippen molar-refractivity contribution in [1.82, 2.24) is 0 Å². The number of benzene rings is 2. The van der Waals surface area contributed by atoms with Gasteiger partial charge in [0.15, 0.2) is 0 Å². The smallest absolute Gasteiger partial charge is 0.255 e. The summed E-state index contributed by atoms with van der Waals surface area (Å²) in [5.74, 6) is -0.936. The van der Waals surface area contributed by atoms with E-state index in [4.69, 9.17) is 11.6 Å². The zero-order valence-corrected chi connectivity index (χ0v) is 12.3. The fraction of sp³-hybridized carbons (Fsp3) is 0.0714. The predicted octanol–water partition coefficient (Wildman–Crippen LogP) is 4.80. The average molecular weight is 343 g/mol. The summed E-state index contributed by atoms with van der Waals surface area (Å²) >= 11 is 9.00. The van der Waals surface area contributed by atoms with E-state index in [2.05, 4.69) is 21.2 Å². The van der Waals surface area contributed by atoms with Crippen molar-refractivity contribution < 1.29 is 9.18 Å². The Morgan fingerprint density at radius 3 is 2.63 bits per heavy atom. The summed E-state index contributed by atoms with van der Waals surface area (Å²) in [6.07, 6.45) is 0. The molecule has 0 atom stereocenters. The largest absolute Gasteiger partial charge is 0.319 e. The number of hydrogen-bond donors (Lipinski definition) is 1. The van der Waals surface area contributed by atoms with Crippen LogP contribution in [-0.2, 0) is 0 Å². The van der Waals surface area contributed by atoms with Gasteiger partial charge < -0.3 is 5.32 Å². The maximum Gasteiger partial charge on any atom is 0.255 e. The molecule has 0 saturated carbocycles. The molecule has 2 rings (SSSR count). The lowest BCUT2D eigenvalue weighted by molar-refractivity contribution is 0.102. The molecule has 0 heterocycles. The molecule has 0 radical (unpaired) electrons. The van der Waals surface area contributed by atoms with E-state index in [1.165, 1.54) is 12.1 Å². The molecule has 0 aliphatic heterocycles. The van der Waals surface area contributed by atoms with Crippen molar-refractivity contribution in [1.29, 1.82) is 0 Å². The molecule has 0 spiro atoms. The van der Waals surface area contributed by atoms with Crippen LogP contribution in [0.3, 0.4) is 0 Å². The minimum atomic E-state index is -0.563.